The lowest BCUT2D eigenvalue weighted by Crippen LogP contribution is -2.36. The summed E-state index contributed by atoms with van der Waals surface area (Å²) in [4.78, 5) is 16.1. The fourth-order valence-corrected chi connectivity index (χ4v) is 2.82. The fraction of sp³-hybridized carbons (Fsp3) is 0.250. The van der Waals surface area contributed by atoms with Crippen molar-refractivity contribution in [2.75, 3.05) is 25.2 Å². The Hall–Kier alpha value is -2.45. The highest BCUT2D eigenvalue weighted by Gasteiger charge is 2.21. The molecule has 0 aliphatic rings. The molecule has 8 heteroatoms. The second-order valence-electron chi connectivity index (χ2n) is 5.13. The molecule has 1 heterocycles. The minimum atomic E-state index is -3.55. The SMILES string of the molecule is COc1ccccc1NC(=O)CN(Cc1ccncc1)S(C)(=O)=O. The summed E-state index contributed by atoms with van der Waals surface area (Å²) in [6.45, 7) is -0.195. The number of para-hydroxylation sites is 2. The van der Waals surface area contributed by atoms with Crippen molar-refractivity contribution in [2.45, 2.75) is 6.54 Å². The van der Waals surface area contributed by atoms with Crippen molar-refractivity contribution >= 4 is 21.6 Å². The van der Waals surface area contributed by atoms with Crippen LogP contribution in [0.3, 0.4) is 0 Å². The van der Waals surface area contributed by atoms with E-state index in [1.54, 1.807) is 48.8 Å². The van der Waals surface area contributed by atoms with Gasteiger partial charge in [-0.3, -0.25) is 9.78 Å². The monoisotopic (exact) mass is 349 g/mol. The summed E-state index contributed by atoms with van der Waals surface area (Å²) in [5.74, 6) is 0.0601. The molecule has 7 nitrogen and oxygen atoms in total. The average Bonchev–Trinajstić information content (AvgIpc) is 2.55. The van der Waals surface area contributed by atoms with Gasteiger partial charge in [-0.1, -0.05) is 12.1 Å². The van der Waals surface area contributed by atoms with Crippen molar-refractivity contribution in [2.24, 2.45) is 0 Å². The second kappa shape index (κ2) is 7.89. The number of aromatic nitrogens is 1. The molecule has 1 N–H and O–H groups in total. The second-order valence-corrected chi connectivity index (χ2v) is 7.12. The van der Waals surface area contributed by atoms with Gasteiger partial charge in [0.05, 0.1) is 25.6 Å². The van der Waals surface area contributed by atoms with Crippen LogP contribution in [0.2, 0.25) is 0 Å². The summed E-state index contributed by atoms with van der Waals surface area (Å²) in [5, 5.41) is 2.67. The molecule has 0 bridgehead atoms. The Morgan fingerprint density at radius 1 is 1.21 bits per heavy atom. The first-order chi connectivity index (χ1) is 11.4. The first-order valence-electron chi connectivity index (χ1n) is 7.17. The number of ether oxygens (including phenoxy) is 1. The highest BCUT2D eigenvalue weighted by Crippen LogP contribution is 2.23. The van der Waals surface area contributed by atoms with Gasteiger partial charge in [0.1, 0.15) is 5.75 Å². The Kier molecular flexibility index (Phi) is 5.88. The van der Waals surface area contributed by atoms with Crippen LogP contribution < -0.4 is 10.1 Å². The van der Waals surface area contributed by atoms with E-state index in [2.05, 4.69) is 10.3 Å². The van der Waals surface area contributed by atoms with Gasteiger partial charge < -0.3 is 10.1 Å². The average molecular weight is 349 g/mol. The van der Waals surface area contributed by atoms with Crippen LogP contribution in [0.4, 0.5) is 5.69 Å². The van der Waals surface area contributed by atoms with Gasteiger partial charge in [0.2, 0.25) is 15.9 Å². The summed E-state index contributed by atoms with van der Waals surface area (Å²) in [7, 11) is -2.05. The van der Waals surface area contributed by atoms with Gasteiger partial charge in [-0.15, -0.1) is 0 Å². The van der Waals surface area contributed by atoms with E-state index >= 15 is 0 Å². The lowest BCUT2D eigenvalue weighted by Gasteiger charge is -2.20. The smallest absolute Gasteiger partial charge is 0.239 e. The molecule has 0 radical (unpaired) electrons. The Balaban J connectivity index is 2.10. The highest BCUT2D eigenvalue weighted by atomic mass is 32.2. The van der Waals surface area contributed by atoms with Gasteiger partial charge in [0, 0.05) is 18.9 Å². The number of carbonyl (C=O) groups excluding carboxylic acids is 1. The number of anilines is 1. The minimum absolute atomic E-state index is 0.0979. The van der Waals surface area contributed by atoms with Crippen molar-refractivity contribution in [3.8, 4) is 5.75 Å². The normalized spacial score (nSPS) is 11.3. The molecular weight excluding hydrogens is 330 g/mol. The molecule has 0 aliphatic carbocycles. The maximum atomic E-state index is 12.2. The molecule has 2 aromatic rings. The number of hydrogen-bond donors (Lipinski definition) is 1. The van der Waals surface area contributed by atoms with E-state index in [0.29, 0.717) is 11.4 Å². The van der Waals surface area contributed by atoms with Crippen LogP contribution in [0.25, 0.3) is 0 Å². The van der Waals surface area contributed by atoms with Gasteiger partial charge >= 0.3 is 0 Å². The molecule has 0 fully saturated rings. The summed E-state index contributed by atoms with van der Waals surface area (Å²) in [6, 6.07) is 10.3. The number of rotatable bonds is 7. The molecule has 2 rings (SSSR count). The van der Waals surface area contributed by atoms with Crippen LogP contribution in [0.5, 0.6) is 5.75 Å². The topological polar surface area (TPSA) is 88.6 Å². The van der Waals surface area contributed by atoms with Gasteiger partial charge in [-0.25, -0.2) is 8.42 Å². The number of nitrogens with zero attached hydrogens (tertiary/aromatic N) is 2. The zero-order chi connectivity index (χ0) is 17.6. The third kappa shape index (κ3) is 5.04. The molecule has 1 aromatic carbocycles. The van der Waals surface area contributed by atoms with Crippen LogP contribution in [-0.2, 0) is 21.4 Å². The third-order valence-corrected chi connectivity index (χ3v) is 4.47. The van der Waals surface area contributed by atoms with Gasteiger partial charge in [-0.2, -0.15) is 4.31 Å². The van der Waals surface area contributed by atoms with Crippen molar-refractivity contribution in [1.29, 1.82) is 0 Å². The quantitative estimate of drug-likeness (QED) is 0.818. The van der Waals surface area contributed by atoms with E-state index in [0.717, 1.165) is 16.1 Å². The lowest BCUT2D eigenvalue weighted by atomic mass is 10.2. The summed E-state index contributed by atoms with van der Waals surface area (Å²) < 4.78 is 30.2. The maximum absolute atomic E-state index is 12.2. The zero-order valence-corrected chi connectivity index (χ0v) is 14.3. The number of methoxy groups -OCH3 is 1. The molecule has 0 spiro atoms. The standard InChI is InChI=1S/C16H19N3O4S/c1-23-15-6-4-3-5-14(15)18-16(20)12-19(24(2,21)22)11-13-7-9-17-10-8-13/h3-10H,11-12H2,1-2H3,(H,18,20). The summed E-state index contributed by atoms with van der Waals surface area (Å²) >= 11 is 0. The molecule has 128 valence electrons. The molecule has 0 aliphatic heterocycles. The number of benzene rings is 1. The number of amides is 1. The molecule has 0 unspecified atom stereocenters. The molecule has 24 heavy (non-hydrogen) atoms. The van der Waals surface area contributed by atoms with Crippen molar-refractivity contribution < 1.29 is 17.9 Å². The molecule has 0 atom stereocenters. The summed E-state index contributed by atoms with van der Waals surface area (Å²) in [6.07, 6.45) is 4.22. The number of nitrogens with one attached hydrogen (secondary N) is 1. The predicted molar refractivity (Wildman–Crippen MR) is 91.1 cm³/mol. The van der Waals surface area contributed by atoms with Crippen molar-refractivity contribution in [1.82, 2.24) is 9.29 Å². The van der Waals surface area contributed by atoms with Crippen LogP contribution in [0, 0.1) is 0 Å². The van der Waals surface area contributed by atoms with Crippen molar-refractivity contribution in [3.05, 3.63) is 54.4 Å². The lowest BCUT2D eigenvalue weighted by molar-refractivity contribution is -0.116. The Morgan fingerprint density at radius 2 is 1.88 bits per heavy atom. The summed E-state index contributed by atoms with van der Waals surface area (Å²) in [5.41, 5.74) is 1.24. The van der Waals surface area contributed by atoms with E-state index in [1.165, 1.54) is 7.11 Å². The Bertz CT molecular complexity index is 794. The van der Waals surface area contributed by atoms with E-state index in [-0.39, 0.29) is 13.1 Å². The third-order valence-electron chi connectivity index (χ3n) is 3.28. The van der Waals surface area contributed by atoms with E-state index in [4.69, 9.17) is 4.74 Å². The van der Waals surface area contributed by atoms with E-state index in [9.17, 15) is 13.2 Å². The first-order valence-corrected chi connectivity index (χ1v) is 9.02. The molecule has 1 amide bonds. The molecular formula is C16H19N3O4S. The van der Waals surface area contributed by atoms with Crippen LogP contribution in [-0.4, -0.2) is 43.5 Å². The minimum Gasteiger partial charge on any atom is -0.495 e. The fourth-order valence-electron chi connectivity index (χ4n) is 2.08. The Labute approximate surface area is 141 Å². The van der Waals surface area contributed by atoms with Crippen LogP contribution >= 0.6 is 0 Å². The largest absolute Gasteiger partial charge is 0.495 e. The van der Waals surface area contributed by atoms with Gasteiger partial charge in [0.25, 0.3) is 0 Å². The number of pyridine rings is 1. The molecule has 0 saturated heterocycles. The predicted octanol–water partition coefficient (Wildman–Crippen LogP) is 1.49. The number of carbonyl (C=O) groups is 1. The van der Waals surface area contributed by atoms with E-state index < -0.39 is 15.9 Å². The first kappa shape index (κ1) is 17.9. The highest BCUT2D eigenvalue weighted by molar-refractivity contribution is 7.88. The molecule has 0 saturated carbocycles. The van der Waals surface area contributed by atoms with Crippen molar-refractivity contribution in [3.63, 3.8) is 0 Å². The van der Waals surface area contributed by atoms with Gasteiger partial charge in [-0.05, 0) is 29.8 Å². The number of sulfonamides is 1. The number of hydrogen-bond acceptors (Lipinski definition) is 5. The zero-order valence-electron chi connectivity index (χ0n) is 13.5. The van der Waals surface area contributed by atoms with Gasteiger partial charge in [0.15, 0.2) is 0 Å². The van der Waals surface area contributed by atoms with E-state index in [1.807, 2.05) is 0 Å². The maximum Gasteiger partial charge on any atom is 0.239 e. The Morgan fingerprint density at radius 3 is 2.50 bits per heavy atom. The van der Waals surface area contributed by atoms with Crippen LogP contribution in [0.15, 0.2) is 48.8 Å². The molecule has 1 aromatic heterocycles. The van der Waals surface area contributed by atoms with Crippen LogP contribution in [0.1, 0.15) is 5.56 Å².